The van der Waals surface area contributed by atoms with E-state index in [1.165, 1.54) is 0 Å². The molecule has 1 aliphatic rings. The molecular formula is C17H22O4. The fourth-order valence-corrected chi connectivity index (χ4v) is 2.70. The van der Waals surface area contributed by atoms with Crippen LogP contribution in [0.3, 0.4) is 0 Å². The second kappa shape index (κ2) is 6.66. The van der Waals surface area contributed by atoms with Crippen molar-refractivity contribution in [3.8, 4) is 17.2 Å². The summed E-state index contributed by atoms with van der Waals surface area (Å²) in [5, 5.41) is 0. The van der Waals surface area contributed by atoms with Gasteiger partial charge in [0.05, 0.1) is 21.3 Å². The van der Waals surface area contributed by atoms with E-state index < -0.39 is 0 Å². The summed E-state index contributed by atoms with van der Waals surface area (Å²) in [6.07, 6.45) is 4.80. The summed E-state index contributed by atoms with van der Waals surface area (Å²) in [7, 11) is 4.74. The summed E-state index contributed by atoms with van der Waals surface area (Å²) >= 11 is 0. The van der Waals surface area contributed by atoms with Crippen LogP contribution >= 0.6 is 0 Å². The molecule has 4 heteroatoms. The maximum atomic E-state index is 12.2. The van der Waals surface area contributed by atoms with Gasteiger partial charge in [0, 0.05) is 5.92 Å². The topological polar surface area (TPSA) is 44.8 Å². The molecule has 2 rings (SSSR count). The maximum absolute atomic E-state index is 12.2. The van der Waals surface area contributed by atoms with Crippen molar-refractivity contribution in [3.05, 3.63) is 23.3 Å². The molecule has 1 saturated carbocycles. The van der Waals surface area contributed by atoms with E-state index in [-0.39, 0.29) is 11.7 Å². The van der Waals surface area contributed by atoms with Gasteiger partial charge in [-0.1, -0.05) is 6.92 Å². The van der Waals surface area contributed by atoms with Crippen LogP contribution in [0.15, 0.2) is 17.7 Å². The van der Waals surface area contributed by atoms with Gasteiger partial charge < -0.3 is 14.2 Å². The van der Waals surface area contributed by atoms with Crippen LogP contribution in [-0.2, 0) is 4.79 Å². The van der Waals surface area contributed by atoms with Gasteiger partial charge in [0.15, 0.2) is 17.3 Å². The van der Waals surface area contributed by atoms with Crippen molar-refractivity contribution in [1.82, 2.24) is 0 Å². The summed E-state index contributed by atoms with van der Waals surface area (Å²) in [5.74, 6) is 2.12. The van der Waals surface area contributed by atoms with Gasteiger partial charge in [0.25, 0.3) is 0 Å². The van der Waals surface area contributed by atoms with Crippen molar-refractivity contribution in [1.29, 1.82) is 0 Å². The predicted molar refractivity (Wildman–Crippen MR) is 82.1 cm³/mol. The van der Waals surface area contributed by atoms with Crippen LogP contribution in [-0.4, -0.2) is 27.1 Å². The third-order valence-corrected chi connectivity index (χ3v) is 3.88. The van der Waals surface area contributed by atoms with Gasteiger partial charge in [-0.2, -0.15) is 0 Å². The van der Waals surface area contributed by atoms with Crippen molar-refractivity contribution in [2.75, 3.05) is 21.3 Å². The highest BCUT2D eigenvalue weighted by molar-refractivity contribution is 6.01. The largest absolute Gasteiger partial charge is 0.493 e. The standard InChI is InChI=1S/C17H22O4/c1-11-6-5-7-13(16(11)18)8-12-9-14(19-2)17(21-4)15(10-12)20-3/h8-11H,5-7H2,1-4H3/b13-8+/t11-/m1/s1. The Hall–Kier alpha value is -1.97. The Morgan fingerprint density at radius 1 is 1.10 bits per heavy atom. The molecule has 1 aromatic rings. The molecule has 1 aromatic carbocycles. The number of hydrogen-bond acceptors (Lipinski definition) is 4. The van der Waals surface area contributed by atoms with Crippen molar-refractivity contribution < 1.29 is 19.0 Å². The molecule has 0 bridgehead atoms. The average Bonchev–Trinajstić information content (AvgIpc) is 2.50. The molecular weight excluding hydrogens is 268 g/mol. The lowest BCUT2D eigenvalue weighted by Gasteiger charge is -2.19. The maximum Gasteiger partial charge on any atom is 0.203 e. The van der Waals surface area contributed by atoms with Crippen molar-refractivity contribution in [2.24, 2.45) is 5.92 Å². The van der Waals surface area contributed by atoms with E-state index in [0.29, 0.717) is 17.2 Å². The minimum Gasteiger partial charge on any atom is -0.493 e. The number of benzene rings is 1. The molecule has 0 unspecified atom stereocenters. The average molecular weight is 290 g/mol. The molecule has 1 fully saturated rings. The molecule has 0 aromatic heterocycles. The zero-order valence-corrected chi connectivity index (χ0v) is 13.1. The first kappa shape index (κ1) is 15.4. The lowest BCUT2D eigenvalue weighted by molar-refractivity contribution is -0.119. The summed E-state index contributed by atoms with van der Waals surface area (Å²) in [4.78, 5) is 12.2. The van der Waals surface area contributed by atoms with E-state index in [1.54, 1.807) is 21.3 Å². The zero-order valence-electron chi connectivity index (χ0n) is 13.1. The van der Waals surface area contributed by atoms with Crippen LogP contribution in [0.2, 0.25) is 0 Å². The molecule has 0 N–H and O–H groups in total. The summed E-state index contributed by atoms with van der Waals surface area (Å²) in [6.45, 7) is 1.99. The van der Waals surface area contributed by atoms with E-state index in [4.69, 9.17) is 14.2 Å². The quantitative estimate of drug-likeness (QED) is 0.796. The number of hydrogen-bond donors (Lipinski definition) is 0. The van der Waals surface area contributed by atoms with Gasteiger partial charge >= 0.3 is 0 Å². The molecule has 0 aliphatic heterocycles. The lowest BCUT2D eigenvalue weighted by Crippen LogP contribution is -2.18. The number of Topliss-reactive ketones (excluding diaryl/α,β-unsaturated/α-hetero) is 1. The first-order valence-electron chi connectivity index (χ1n) is 7.15. The van der Waals surface area contributed by atoms with Crippen LogP contribution in [0, 0.1) is 5.92 Å². The lowest BCUT2D eigenvalue weighted by atomic mass is 9.84. The summed E-state index contributed by atoms with van der Waals surface area (Å²) in [6, 6.07) is 3.72. The van der Waals surface area contributed by atoms with E-state index in [2.05, 4.69) is 0 Å². The van der Waals surface area contributed by atoms with Crippen LogP contribution in [0.5, 0.6) is 17.2 Å². The molecule has 1 aliphatic carbocycles. The van der Waals surface area contributed by atoms with Gasteiger partial charge in [0.1, 0.15) is 0 Å². The highest BCUT2D eigenvalue weighted by Gasteiger charge is 2.22. The molecule has 21 heavy (non-hydrogen) atoms. The third-order valence-electron chi connectivity index (χ3n) is 3.88. The molecule has 0 heterocycles. The minimum absolute atomic E-state index is 0.118. The fourth-order valence-electron chi connectivity index (χ4n) is 2.70. The minimum atomic E-state index is 0.118. The Bertz CT molecular complexity index is 535. The predicted octanol–water partition coefficient (Wildman–Crippen LogP) is 3.48. The van der Waals surface area contributed by atoms with Crippen LogP contribution in [0.4, 0.5) is 0 Å². The zero-order chi connectivity index (χ0) is 15.4. The number of ether oxygens (including phenoxy) is 3. The SMILES string of the molecule is COc1cc(/C=C2\CCC[C@@H](C)C2=O)cc(OC)c1OC. The Balaban J connectivity index is 2.42. The van der Waals surface area contributed by atoms with Gasteiger partial charge in [-0.3, -0.25) is 4.79 Å². The van der Waals surface area contributed by atoms with E-state index in [0.717, 1.165) is 30.4 Å². The Kier molecular flexibility index (Phi) is 4.89. The van der Waals surface area contributed by atoms with E-state index >= 15 is 0 Å². The van der Waals surface area contributed by atoms with E-state index in [1.807, 2.05) is 25.1 Å². The normalized spacial score (nSPS) is 20.5. The Labute approximate surface area is 125 Å². The fraction of sp³-hybridized carbons (Fsp3) is 0.471. The van der Waals surface area contributed by atoms with Gasteiger partial charge in [-0.05, 0) is 48.6 Å². The van der Waals surface area contributed by atoms with Crippen molar-refractivity contribution in [2.45, 2.75) is 26.2 Å². The number of rotatable bonds is 4. The molecule has 1 atom stereocenters. The van der Waals surface area contributed by atoms with Gasteiger partial charge in [0.2, 0.25) is 5.75 Å². The van der Waals surface area contributed by atoms with Gasteiger partial charge in [-0.25, -0.2) is 0 Å². The molecule has 0 radical (unpaired) electrons. The Morgan fingerprint density at radius 2 is 1.71 bits per heavy atom. The summed E-state index contributed by atoms with van der Waals surface area (Å²) < 4.78 is 16.0. The van der Waals surface area contributed by atoms with E-state index in [9.17, 15) is 4.79 Å². The molecule has 0 spiro atoms. The van der Waals surface area contributed by atoms with Crippen LogP contribution < -0.4 is 14.2 Å². The molecule has 4 nitrogen and oxygen atoms in total. The number of methoxy groups -OCH3 is 3. The number of allylic oxidation sites excluding steroid dienone is 1. The highest BCUT2D eigenvalue weighted by Crippen LogP contribution is 2.39. The first-order chi connectivity index (χ1) is 10.1. The number of carbonyl (C=O) groups is 1. The molecule has 114 valence electrons. The molecule has 0 saturated heterocycles. The highest BCUT2D eigenvalue weighted by atomic mass is 16.5. The third kappa shape index (κ3) is 3.20. The Morgan fingerprint density at radius 3 is 2.24 bits per heavy atom. The second-order valence-corrected chi connectivity index (χ2v) is 5.29. The number of carbonyl (C=O) groups excluding carboxylic acids is 1. The first-order valence-corrected chi connectivity index (χ1v) is 7.15. The van der Waals surface area contributed by atoms with Gasteiger partial charge in [-0.15, -0.1) is 0 Å². The number of ketones is 1. The monoisotopic (exact) mass is 290 g/mol. The summed E-state index contributed by atoms with van der Waals surface area (Å²) in [5.41, 5.74) is 1.77. The van der Waals surface area contributed by atoms with Crippen molar-refractivity contribution >= 4 is 11.9 Å². The van der Waals surface area contributed by atoms with Crippen LogP contribution in [0.1, 0.15) is 31.7 Å². The second-order valence-electron chi connectivity index (χ2n) is 5.29. The van der Waals surface area contributed by atoms with Crippen molar-refractivity contribution in [3.63, 3.8) is 0 Å². The molecule has 0 amide bonds. The van der Waals surface area contributed by atoms with Crippen LogP contribution in [0.25, 0.3) is 6.08 Å². The smallest absolute Gasteiger partial charge is 0.203 e.